The van der Waals surface area contributed by atoms with E-state index in [4.69, 9.17) is 9.26 Å². The number of hydrogen-bond acceptors (Lipinski definition) is 3. The van der Waals surface area contributed by atoms with Crippen LogP contribution in [0.4, 0.5) is 0 Å². The van der Waals surface area contributed by atoms with Crippen molar-refractivity contribution in [2.75, 3.05) is 7.11 Å². The molecule has 0 atom stereocenters. The van der Waals surface area contributed by atoms with Crippen LogP contribution in [0.2, 0.25) is 18.1 Å². The van der Waals surface area contributed by atoms with Crippen LogP contribution in [-0.4, -0.2) is 21.6 Å². The molecule has 18 heavy (non-hydrogen) atoms. The number of rotatable bonds is 7. The topological polar surface area (TPSA) is 30.8 Å². The SMILES string of the molecule is CC[Si](CC)(CC)O/N=C/c1ccc(OC)cc1. The highest BCUT2D eigenvalue weighted by atomic mass is 28.4. The molecule has 0 radical (unpaired) electrons. The standard InChI is InChI=1S/C14H23NO2Si/c1-5-18(6-2,7-3)17-15-12-13-8-10-14(16-4)11-9-13/h8-12H,5-7H2,1-4H3/b15-12+. The summed E-state index contributed by atoms with van der Waals surface area (Å²) in [6.45, 7) is 6.59. The smallest absolute Gasteiger partial charge is 0.286 e. The molecule has 0 bridgehead atoms. The molecule has 1 rings (SSSR count). The zero-order valence-electron chi connectivity index (χ0n) is 11.8. The van der Waals surface area contributed by atoms with Gasteiger partial charge in [0, 0.05) is 0 Å². The molecule has 0 saturated heterocycles. The fraction of sp³-hybridized carbons (Fsp3) is 0.500. The van der Waals surface area contributed by atoms with Gasteiger partial charge in [-0.15, -0.1) is 5.16 Å². The van der Waals surface area contributed by atoms with Crippen LogP contribution in [0.25, 0.3) is 0 Å². The number of benzene rings is 1. The molecule has 1 aromatic rings. The van der Waals surface area contributed by atoms with E-state index in [1.54, 1.807) is 13.3 Å². The molecule has 100 valence electrons. The molecule has 1 aromatic carbocycles. The van der Waals surface area contributed by atoms with Crippen molar-refractivity contribution in [2.45, 2.75) is 38.9 Å². The van der Waals surface area contributed by atoms with Gasteiger partial charge in [0.1, 0.15) is 5.75 Å². The van der Waals surface area contributed by atoms with Crippen molar-refractivity contribution in [1.82, 2.24) is 0 Å². The van der Waals surface area contributed by atoms with Gasteiger partial charge in [-0.1, -0.05) is 20.8 Å². The van der Waals surface area contributed by atoms with Gasteiger partial charge in [0.05, 0.1) is 13.3 Å². The summed E-state index contributed by atoms with van der Waals surface area (Å²) in [6, 6.07) is 11.1. The van der Waals surface area contributed by atoms with Crippen molar-refractivity contribution in [1.29, 1.82) is 0 Å². The molecule has 0 aliphatic heterocycles. The van der Waals surface area contributed by atoms with E-state index in [-0.39, 0.29) is 0 Å². The molecule has 4 heteroatoms. The summed E-state index contributed by atoms with van der Waals surface area (Å²) in [6.07, 6.45) is 1.78. The van der Waals surface area contributed by atoms with Gasteiger partial charge in [0.15, 0.2) is 0 Å². The van der Waals surface area contributed by atoms with Crippen molar-refractivity contribution in [3.8, 4) is 5.75 Å². The Morgan fingerprint density at radius 1 is 1.06 bits per heavy atom. The maximum atomic E-state index is 5.81. The fourth-order valence-corrected chi connectivity index (χ4v) is 4.00. The van der Waals surface area contributed by atoms with Crippen LogP contribution in [0.1, 0.15) is 26.3 Å². The molecule has 3 nitrogen and oxygen atoms in total. The lowest BCUT2D eigenvalue weighted by atomic mass is 10.2. The van der Waals surface area contributed by atoms with Gasteiger partial charge >= 0.3 is 0 Å². The number of nitrogens with zero attached hydrogens (tertiary/aromatic N) is 1. The summed E-state index contributed by atoms with van der Waals surface area (Å²) in [5, 5.41) is 4.18. The molecule has 0 aromatic heterocycles. The predicted molar refractivity (Wildman–Crippen MR) is 78.9 cm³/mol. The first-order chi connectivity index (χ1) is 8.69. The third-order valence-corrected chi connectivity index (χ3v) is 7.86. The molecule has 0 amide bonds. The maximum Gasteiger partial charge on any atom is 0.286 e. The minimum atomic E-state index is -1.61. The van der Waals surface area contributed by atoms with Crippen LogP contribution in [-0.2, 0) is 4.53 Å². The van der Waals surface area contributed by atoms with Crippen LogP contribution in [0.5, 0.6) is 5.75 Å². The molecule has 0 aliphatic rings. The fourth-order valence-electron chi connectivity index (χ4n) is 1.83. The maximum absolute atomic E-state index is 5.81. The van der Waals surface area contributed by atoms with E-state index in [0.29, 0.717) is 0 Å². The summed E-state index contributed by atoms with van der Waals surface area (Å²) in [5.74, 6) is 0.854. The van der Waals surface area contributed by atoms with Crippen molar-refractivity contribution in [2.24, 2.45) is 5.16 Å². The highest BCUT2D eigenvalue weighted by Gasteiger charge is 2.31. The number of hydrogen-bond donors (Lipinski definition) is 0. The Morgan fingerprint density at radius 3 is 2.06 bits per heavy atom. The lowest BCUT2D eigenvalue weighted by molar-refractivity contribution is 0.324. The van der Waals surface area contributed by atoms with E-state index >= 15 is 0 Å². The lowest BCUT2D eigenvalue weighted by Crippen LogP contribution is -2.33. The second-order valence-electron chi connectivity index (χ2n) is 4.34. The zero-order chi connectivity index (χ0) is 13.4. The lowest BCUT2D eigenvalue weighted by Gasteiger charge is -2.24. The van der Waals surface area contributed by atoms with Gasteiger partial charge in [-0.05, 0) is 48.0 Å². The molecule has 0 saturated carbocycles. The first kappa shape index (κ1) is 14.8. The first-order valence-electron chi connectivity index (χ1n) is 6.55. The number of methoxy groups -OCH3 is 1. The Morgan fingerprint density at radius 2 is 1.61 bits per heavy atom. The minimum Gasteiger partial charge on any atom is -0.497 e. The summed E-state index contributed by atoms with van der Waals surface area (Å²) in [4.78, 5) is 0. The third kappa shape index (κ3) is 3.87. The van der Waals surface area contributed by atoms with E-state index in [1.807, 2.05) is 24.3 Å². The Kier molecular flexibility index (Phi) is 5.91. The van der Waals surface area contributed by atoms with Gasteiger partial charge in [-0.3, -0.25) is 0 Å². The van der Waals surface area contributed by atoms with Gasteiger partial charge < -0.3 is 9.26 Å². The van der Waals surface area contributed by atoms with Gasteiger partial charge in [0.25, 0.3) is 8.32 Å². The van der Waals surface area contributed by atoms with Crippen LogP contribution < -0.4 is 4.74 Å². The Balaban J connectivity index is 2.63. The van der Waals surface area contributed by atoms with Crippen molar-refractivity contribution >= 4 is 14.5 Å². The average molecular weight is 265 g/mol. The van der Waals surface area contributed by atoms with E-state index in [1.165, 1.54) is 0 Å². The number of ether oxygens (including phenoxy) is 1. The summed E-state index contributed by atoms with van der Waals surface area (Å²) in [5.41, 5.74) is 1.03. The molecule has 0 fully saturated rings. The Bertz CT molecular complexity index is 364. The normalized spacial score (nSPS) is 11.8. The van der Waals surface area contributed by atoms with Crippen molar-refractivity contribution < 1.29 is 9.26 Å². The van der Waals surface area contributed by atoms with E-state index < -0.39 is 8.32 Å². The van der Waals surface area contributed by atoms with Crippen LogP contribution in [0.3, 0.4) is 0 Å². The largest absolute Gasteiger partial charge is 0.497 e. The second-order valence-corrected chi connectivity index (χ2v) is 9.01. The molecule has 0 aliphatic carbocycles. The second kappa shape index (κ2) is 7.21. The number of oxime groups is 1. The van der Waals surface area contributed by atoms with Crippen LogP contribution in [0.15, 0.2) is 29.4 Å². The monoisotopic (exact) mass is 265 g/mol. The Labute approximate surface area is 111 Å². The third-order valence-electron chi connectivity index (χ3n) is 3.50. The molecular weight excluding hydrogens is 242 g/mol. The van der Waals surface area contributed by atoms with Gasteiger partial charge in [-0.2, -0.15) is 0 Å². The van der Waals surface area contributed by atoms with Crippen molar-refractivity contribution in [3.63, 3.8) is 0 Å². The molecule has 0 spiro atoms. The van der Waals surface area contributed by atoms with E-state index in [9.17, 15) is 0 Å². The van der Waals surface area contributed by atoms with Gasteiger partial charge in [-0.25, -0.2) is 0 Å². The molecule has 0 N–H and O–H groups in total. The summed E-state index contributed by atoms with van der Waals surface area (Å²) >= 11 is 0. The van der Waals surface area contributed by atoms with Gasteiger partial charge in [0.2, 0.25) is 0 Å². The van der Waals surface area contributed by atoms with Crippen LogP contribution in [0, 0.1) is 0 Å². The summed E-state index contributed by atoms with van der Waals surface area (Å²) < 4.78 is 10.9. The highest BCUT2D eigenvalue weighted by Crippen LogP contribution is 2.21. The van der Waals surface area contributed by atoms with E-state index in [2.05, 4.69) is 25.9 Å². The molecule has 0 heterocycles. The predicted octanol–water partition coefficient (Wildman–Crippen LogP) is 4.05. The average Bonchev–Trinajstić information content (AvgIpc) is 2.45. The first-order valence-corrected chi connectivity index (χ1v) is 9.08. The molecule has 0 unspecified atom stereocenters. The zero-order valence-corrected chi connectivity index (χ0v) is 12.8. The summed E-state index contributed by atoms with van der Waals surface area (Å²) in [7, 11) is 0.0509. The van der Waals surface area contributed by atoms with Crippen LogP contribution >= 0.6 is 0 Å². The molecular formula is C14H23NO2Si. The minimum absolute atomic E-state index is 0.854. The Hall–Kier alpha value is -1.29. The quantitative estimate of drug-likeness (QED) is 0.423. The highest BCUT2D eigenvalue weighted by molar-refractivity contribution is 6.73. The van der Waals surface area contributed by atoms with E-state index in [0.717, 1.165) is 29.4 Å². The van der Waals surface area contributed by atoms with Crippen molar-refractivity contribution in [3.05, 3.63) is 29.8 Å².